The molecule has 4 nitrogen and oxygen atoms in total. The van der Waals surface area contributed by atoms with E-state index in [-0.39, 0.29) is 12.1 Å². The maximum atomic E-state index is 11.3. The summed E-state index contributed by atoms with van der Waals surface area (Å²) in [5.41, 5.74) is 6.26. The van der Waals surface area contributed by atoms with Crippen LogP contribution < -0.4 is 5.73 Å². The van der Waals surface area contributed by atoms with Crippen LogP contribution in [0, 0.1) is 0 Å². The van der Waals surface area contributed by atoms with Crippen molar-refractivity contribution in [1.29, 1.82) is 0 Å². The molecular weight excluding hydrogens is 230 g/mol. The second-order valence-electron chi connectivity index (χ2n) is 3.59. The van der Waals surface area contributed by atoms with Gasteiger partial charge in [-0.15, -0.1) is 0 Å². The van der Waals surface area contributed by atoms with Crippen LogP contribution in [-0.2, 0) is 14.3 Å². The van der Waals surface area contributed by atoms with Crippen LogP contribution in [0.5, 0.6) is 0 Å². The minimum Gasteiger partial charge on any atom is -0.389 e. The molecule has 0 aliphatic heterocycles. The van der Waals surface area contributed by atoms with Crippen molar-refractivity contribution in [3.8, 4) is 0 Å². The van der Waals surface area contributed by atoms with Gasteiger partial charge in [-0.25, -0.2) is 4.79 Å². The van der Waals surface area contributed by atoms with E-state index in [1.54, 1.807) is 6.08 Å². The molecule has 0 unspecified atom stereocenters. The van der Waals surface area contributed by atoms with Gasteiger partial charge in [-0.3, -0.25) is 4.79 Å². The first kappa shape index (κ1) is 13.9. The third-order valence-corrected chi connectivity index (χ3v) is 2.14. The summed E-state index contributed by atoms with van der Waals surface area (Å²) >= 11 is 0. The maximum absolute atomic E-state index is 11.3. The van der Waals surface area contributed by atoms with Crippen LogP contribution in [0.1, 0.15) is 12.0 Å². The van der Waals surface area contributed by atoms with Gasteiger partial charge in [0, 0.05) is 5.57 Å². The first-order valence-corrected chi connectivity index (χ1v) is 5.48. The summed E-state index contributed by atoms with van der Waals surface area (Å²) in [5, 5.41) is 0. The van der Waals surface area contributed by atoms with E-state index in [0.29, 0.717) is 6.42 Å². The van der Waals surface area contributed by atoms with E-state index in [2.05, 4.69) is 11.3 Å². The number of benzene rings is 1. The van der Waals surface area contributed by atoms with E-state index >= 15 is 0 Å². The van der Waals surface area contributed by atoms with Gasteiger partial charge < -0.3 is 10.5 Å². The van der Waals surface area contributed by atoms with Gasteiger partial charge in [-0.1, -0.05) is 49.1 Å². The highest BCUT2D eigenvalue weighted by Gasteiger charge is 2.11. The van der Waals surface area contributed by atoms with Crippen LogP contribution in [-0.4, -0.2) is 18.5 Å². The molecule has 18 heavy (non-hydrogen) atoms. The number of carbonyl (C=O) groups is 2. The molecule has 0 aliphatic rings. The van der Waals surface area contributed by atoms with Crippen molar-refractivity contribution in [3.05, 3.63) is 54.1 Å². The fourth-order valence-electron chi connectivity index (χ4n) is 1.20. The van der Waals surface area contributed by atoms with Crippen molar-refractivity contribution in [2.75, 3.05) is 6.54 Å². The minimum atomic E-state index is -0.756. The maximum Gasteiger partial charge on any atom is 0.341 e. The van der Waals surface area contributed by atoms with E-state index < -0.39 is 11.9 Å². The predicted molar refractivity (Wildman–Crippen MR) is 69.4 cm³/mol. The van der Waals surface area contributed by atoms with E-state index in [0.717, 1.165) is 5.56 Å². The van der Waals surface area contributed by atoms with Gasteiger partial charge >= 0.3 is 11.9 Å². The molecule has 0 saturated heterocycles. The Labute approximate surface area is 106 Å². The molecule has 0 bridgehead atoms. The van der Waals surface area contributed by atoms with Gasteiger partial charge in [0.1, 0.15) is 0 Å². The minimum absolute atomic E-state index is 0.212. The molecule has 4 heteroatoms. The van der Waals surface area contributed by atoms with Gasteiger partial charge in [-0.05, 0) is 12.0 Å². The largest absolute Gasteiger partial charge is 0.389 e. The Hall–Kier alpha value is -2.20. The van der Waals surface area contributed by atoms with Crippen molar-refractivity contribution < 1.29 is 14.3 Å². The smallest absolute Gasteiger partial charge is 0.341 e. The molecule has 0 radical (unpaired) electrons. The first-order chi connectivity index (χ1) is 8.63. The summed E-state index contributed by atoms with van der Waals surface area (Å²) in [6, 6.07) is 9.64. The summed E-state index contributed by atoms with van der Waals surface area (Å²) in [6.45, 7) is 3.23. The lowest BCUT2D eigenvalue weighted by Gasteiger charge is -2.01. The Balaban J connectivity index is 2.44. The third kappa shape index (κ3) is 4.76. The lowest BCUT2D eigenvalue weighted by atomic mass is 10.1. The first-order valence-electron chi connectivity index (χ1n) is 5.48. The van der Waals surface area contributed by atoms with Crippen molar-refractivity contribution in [3.63, 3.8) is 0 Å². The highest BCUT2D eigenvalue weighted by atomic mass is 16.6. The summed E-state index contributed by atoms with van der Waals surface area (Å²) in [7, 11) is 0. The Morgan fingerprint density at radius 2 is 1.94 bits per heavy atom. The van der Waals surface area contributed by atoms with Gasteiger partial charge in [0.25, 0.3) is 0 Å². The molecule has 94 valence electrons. The Bertz CT molecular complexity index is 463. The normalized spacial score (nSPS) is 10.3. The molecule has 0 saturated carbocycles. The van der Waals surface area contributed by atoms with Crippen molar-refractivity contribution in [1.82, 2.24) is 0 Å². The zero-order valence-corrected chi connectivity index (χ0v) is 9.96. The third-order valence-electron chi connectivity index (χ3n) is 2.14. The number of hydrogen-bond donors (Lipinski definition) is 1. The van der Waals surface area contributed by atoms with Crippen LogP contribution in [0.25, 0.3) is 6.08 Å². The molecule has 1 rings (SSSR count). The van der Waals surface area contributed by atoms with Crippen molar-refractivity contribution in [2.45, 2.75) is 6.42 Å². The second kappa shape index (κ2) is 7.19. The molecule has 0 fully saturated rings. The van der Waals surface area contributed by atoms with Crippen LogP contribution in [0.15, 0.2) is 48.6 Å². The fraction of sp³-hybridized carbons (Fsp3) is 0.143. The average Bonchev–Trinajstić information content (AvgIpc) is 2.39. The van der Waals surface area contributed by atoms with E-state index in [1.807, 2.05) is 36.4 Å². The van der Waals surface area contributed by atoms with Gasteiger partial charge in [0.15, 0.2) is 0 Å². The van der Waals surface area contributed by atoms with Crippen LogP contribution in [0.2, 0.25) is 0 Å². The summed E-state index contributed by atoms with van der Waals surface area (Å²) < 4.78 is 4.43. The molecule has 0 aromatic heterocycles. The SMILES string of the molecule is C=C(CC=Cc1ccccc1)C(=O)OC(=O)CN. The monoisotopic (exact) mass is 245 g/mol. The number of rotatable bonds is 5. The van der Waals surface area contributed by atoms with Gasteiger partial charge in [0.05, 0.1) is 6.54 Å². The molecule has 0 amide bonds. The quantitative estimate of drug-likeness (QED) is 0.486. The standard InChI is InChI=1S/C14H15NO3/c1-11(14(17)18-13(16)10-15)6-5-9-12-7-3-2-4-8-12/h2-5,7-9H,1,6,10,15H2. The molecule has 1 aromatic carbocycles. The lowest BCUT2D eigenvalue weighted by Crippen LogP contribution is -2.21. The topological polar surface area (TPSA) is 69.4 Å². The number of esters is 2. The highest BCUT2D eigenvalue weighted by molar-refractivity contribution is 5.96. The van der Waals surface area contributed by atoms with E-state index in [4.69, 9.17) is 5.73 Å². The summed E-state index contributed by atoms with van der Waals surface area (Å²) in [6.07, 6.45) is 3.97. The van der Waals surface area contributed by atoms with Gasteiger partial charge in [-0.2, -0.15) is 0 Å². The van der Waals surface area contributed by atoms with E-state index in [1.165, 1.54) is 0 Å². The van der Waals surface area contributed by atoms with Crippen LogP contribution in [0.3, 0.4) is 0 Å². The van der Waals surface area contributed by atoms with Crippen LogP contribution in [0.4, 0.5) is 0 Å². The van der Waals surface area contributed by atoms with Gasteiger partial charge in [0.2, 0.25) is 0 Å². The summed E-state index contributed by atoms with van der Waals surface area (Å²) in [4.78, 5) is 22.1. The van der Waals surface area contributed by atoms with Crippen LogP contribution >= 0.6 is 0 Å². The number of ether oxygens (including phenoxy) is 1. The molecule has 0 atom stereocenters. The molecule has 1 aromatic rings. The Morgan fingerprint density at radius 1 is 1.28 bits per heavy atom. The number of carbonyl (C=O) groups excluding carboxylic acids is 2. The summed E-state index contributed by atoms with van der Waals surface area (Å²) in [5.74, 6) is -1.49. The Morgan fingerprint density at radius 3 is 2.56 bits per heavy atom. The fourth-order valence-corrected chi connectivity index (χ4v) is 1.20. The molecular formula is C14H15NO3. The number of allylic oxidation sites excluding steroid dienone is 1. The van der Waals surface area contributed by atoms with Crippen molar-refractivity contribution in [2.24, 2.45) is 5.73 Å². The Kier molecular flexibility index (Phi) is 5.54. The van der Waals surface area contributed by atoms with E-state index in [9.17, 15) is 9.59 Å². The zero-order valence-electron chi connectivity index (χ0n) is 9.96. The number of nitrogens with two attached hydrogens (primary N) is 1. The molecule has 0 aliphatic carbocycles. The average molecular weight is 245 g/mol. The highest BCUT2D eigenvalue weighted by Crippen LogP contribution is 2.06. The molecule has 2 N–H and O–H groups in total. The lowest BCUT2D eigenvalue weighted by molar-refractivity contribution is -0.155. The predicted octanol–water partition coefficient (Wildman–Crippen LogP) is 1.67. The molecule has 0 spiro atoms. The van der Waals surface area contributed by atoms with Crippen molar-refractivity contribution >= 4 is 18.0 Å². The number of hydrogen-bond acceptors (Lipinski definition) is 4. The molecule has 0 heterocycles. The zero-order chi connectivity index (χ0) is 13.4. The second-order valence-corrected chi connectivity index (χ2v) is 3.59.